The summed E-state index contributed by atoms with van der Waals surface area (Å²) in [5.74, 6) is -0.181. The molecule has 1 aromatic heterocycles. The van der Waals surface area contributed by atoms with Gasteiger partial charge in [-0.1, -0.05) is 48.3 Å². The van der Waals surface area contributed by atoms with Crippen LogP contribution in [0.15, 0.2) is 32.9 Å². The minimum atomic E-state index is -0.818. The number of benzene rings is 1. The Hall–Kier alpha value is -2.83. The SMILES string of the molecule is CCOCn1c(C(N=[N+]=[N-])c2cc(C)cc(C)c2)c(C(C)C)c(=O)[nH]c1=O. The summed E-state index contributed by atoms with van der Waals surface area (Å²) in [5, 5.41) is 3.95. The second kappa shape index (κ2) is 8.70. The Morgan fingerprint density at radius 1 is 1.22 bits per heavy atom. The van der Waals surface area contributed by atoms with Crippen molar-refractivity contribution in [1.82, 2.24) is 9.55 Å². The van der Waals surface area contributed by atoms with E-state index in [-0.39, 0.29) is 12.6 Å². The number of aryl methyl sites for hydroxylation is 2. The Bertz CT molecular complexity index is 964. The molecule has 1 aromatic carbocycles. The van der Waals surface area contributed by atoms with Crippen molar-refractivity contribution in [3.8, 4) is 0 Å². The molecule has 1 heterocycles. The van der Waals surface area contributed by atoms with Crippen molar-refractivity contribution in [3.05, 3.63) is 77.4 Å². The van der Waals surface area contributed by atoms with Crippen LogP contribution in [0.2, 0.25) is 0 Å². The lowest BCUT2D eigenvalue weighted by Gasteiger charge is -2.23. The molecule has 0 aliphatic carbocycles. The molecule has 2 rings (SSSR count). The number of aromatic nitrogens is 2. The lowest BCUT2D eigenvalue weighted by atomic mass is 9.93. The van der Waals surface area contributed by atoms with Crippen LogP contribution in [-0.2, 0) is 11.5 Å². The van der Waals surface area contributed by atoms with Crippen LogP contribution in [0.3, 0.4) is 0 Å². The highest BCUT2D eigenvalue weighted by molar-refractivity contribution is 5.38. The van der Waals surface area contributed by atoms with Gasteiger partial charge in [-0.05, 0) is 37.8 Å². The lowest BCUT2D eigenvalue weighted by Crippen LogP contribution is -2.37. The first kappa shape index (κ1) is 20.5. The van der Waals surface area contributed by atoms with Crippen LogP contribution in [0.1, 0.15) is 60.7 Å². The van der Waals surface area contributed by atoms with Gasteiger partial charge in [0.15, 0.2) is 0 Å². The topological polar surface area (TPSA) is 113 Å². The van der Waals surface area contributed by atoms with Crippen molar-refractivity contribution in [2.75, 3.05) is 6.61 Å². The van der Waals surface area contributed by atoms with E-state index in [1.807, 2.05) is 52.8 Å². The van der Waals surface area contributed by atoms with Crippen molar-refractivity contribution in [2.45, 2.75) is 53.3 Å². The van der Waals surface area contributed by atoms with E-state index >= 15 is 0 Å². The molecule has 0 aliphatic rings. The fourth-order valence-electron chi connectivity index (χ4n) is 3.27. The van der Waals surface area contributed by atoms with E-state index in [0.717, 1.165) is 16.7 Å². The van der Waals surface area contributed by atoms with Gasteiger partial charge in [-0.3, -0.25) is 14.3 Å². The molecular weight excluding hydrogens is 346 g/mol. The molecule has 8 heteroatoms. The summed E-state index contributed by atoms with van der Waals surface area (Å²) in [7, 11) is 0. The molecule has 0 spiro atoms. The molecule has 8 nitrogen and oxygen atoms in total. The van der Waals surface area contributed by atoms with Crippen molar-refractivity contribution in [3.63, 3.8) is 0 Å². The Kier molecular flexibility index (Phi) is 6.60. The minimum absolute atomic E-state index is 0.0383. The maximum Gasteiger partial charge on any atom is 0.330 e. The van der Waals surface area contributed by atoms with E-state index in [2.05, 4.69) is 15.0 Å². The quantitative estimate of drug-likeness (QED) is 0.455. The molecule has 2 aromatic rings. The molecule has 0 saturated heterocycles. The van der Waals surface area contributed by atoms with Crippen molar-refractivity contribution in [2.24, 2.45) is 5.11 Å². The van der Waals surface area contributed by atoms with E-state index in [1.54, 1.807) is 0 Å². The van der Waals surface area contributed by atoms with Gasteiger partial charge in [-0.2, -0.15) is 0 Å². The van der Waals surface area contributed by atoms with Gasteiger partial charge < -0.3 is 4.74 Å². The first-order chi connectivity index (χ1) is 12.8. The highest BCUT2D eigenvalue weighted by Gasteiger charge is 2.26. The summed E-state index contributed by atoms with van der Waals surface area (Å²) in [5.41, 5.74) is 11.6. The number of nitrogens with zero attached hydrogens (tertiary/aromatic N) is 4. The van der Waals surface area contributed by atoms with Crippen LogP contribution in [0.4, 0.5) is 0 Å². The number of H-pyrrole nitrogens is 1. The van der Waals surface area contributed by atoms with E-state index in [0.29, 0.717) is 17.9 Å². The third-order valence-electron chi connectivity index (χ3n) is 4.26. The van der Waals surface area contributed by atoms with Gasteiger partial charge in [-0.15, -0.1) is 0 Å². The number of rotatable bonds is 7. The Labute approximate surface area is 157 Å². The average molecular weight is 371 g/mol. The second-order valence-electron chi connectivity index (χ2n) is 6.79. The maximum absolute atomic E-state index is 12.6. The summed E-state index contributed by atoms with van der Waals surface area (Å²) in [6.45, 7) is 9.78. The third kappa shape index (κ3) is 4.48. The van der Waals surface area contributed by atoms with Gasteiger partial charge in [-0.25, -0.2) is 4.79 Å². The molecule has 0 amide bonds. The van der Waals surface area contributed by atoms with Crippen molar-refractivity contribution < 1.29 is 4.74 Å². The fraction of sp³-hybridized carbons (Fsp3) is 0.474. The Morgan fingerprint density at radius 2 is 1.85 bits per heavy atom. The monoisotopic (exact) mass is 371 g/mol. The molecule has 0 aliphatic heterocycles. The van der Waals surface area contributed by atoms with Crippen LogP contribution in [0.25, 0.3) is 10.4 Å². The number of nitrogens with one attached hydrogen (secondary N) is 1. The number of aromatic amines is 1. The molecular formula is C19H25N5O3. The zero-order valence-corrected chi connectivity index (χ0v) is 16.3. The zero-order valence-electron chi connectivity index (χ0n) is 16.3. The zero-order chi connectivity index (χ0) is 20.1. The van der Waals surface area contributed by atoms with E-state index in [9.17, 15) is 15.1 Å². The molecule has 0 saturated carbocycles. The summed E-state index contributed by atoms with van der Waals surface area (Å²) < 4.78 is 6.78. The number of ether oxygens (including phenoxy) is 1. The normalized spacial score (nSPS) is 12.1. The van der Waals surface area contributed by atoms with Crippen LogP contribution >= 0.6 is 0 Å². The van der Waals surface area contributed by atoms with Gasteiger partial charge in [0, 0.05) is 22.8 Å². The Balaban J connectivity index is 2.90. The molecule has 1 atom stereocenters. The van der Waals surface area contributed by atoms with Crippen molar-refractivity contribution >= 4 is 0 Å². The van der Waals surface area contributed by atoms with Gasteiger partial charge in [0.1, 0.15) is 12.8 Å². The molecule has 27 heavy (non-hydrogen) atoms. The van der Waals surface area contributed by atoms with E-state index < -0.39 is 17.3 Å². The molecule has 0 fully saturated rings. The van der Waals surface area contributed by atoms with Gasteiger partial charge >= 0.3 is 5.69 Å². The average Bonchev–Trinajstić information content (AvgIpc) is 2.57. The summed E-state index contributed by atoms with van der Waals surface area (Å²) in [6.07, 6.45) is 0. The number of azide groups is 1. The van der Waals surface area contributed by atoms with Crippen LogP contribution in [-0.4, -0.2) is 16.2 Å². The van der Waals surface area contributed by atoms with Crippen LogP contribution in [0.5, 0.6) is 0 Å². The molecule has 0 radical (unpaired) electrons. The Morgan fingerprint density at radius 3 is 2.37 bits per heavy atom. The standard InChI is InChI=1S/C19H25N5O3/c1-6-27-10-24-17(15(11(2)3)18(25)21-19(24)26)16(22-23-20)14-8-12(4)7-13(5)9-14/h7-9,11,16H,6,10H2,1-5H3,(H,21,25,26). The first-order valence-corrected chi connectivity index (χ1v) is 8.87. The second-order valence-corrected chi connectivity index (χ2v) is 6.79. The minimum Gasteiger partial charge on any atom is -0.361 e. The summed E-state index contributed by atoms with van der Waals surface area (Å²) in [4.78, 5) is 30.4. The van der Waals surface area contributed by atoms with Crippen molar-refractivity contribution in [1.29, 1.82) is 0 Å². The highest BCUT2D eigenvalue weighted by atomic mass is 16.5. The molecule has 1 N–H and O–H groups in total. The number of hydrogen-bond donors (Lipinski definition) is 1. The van der Waals surface area contributed by atoms with Crippen LogP contribution in [0, 0.1) is 13.8 Å². The largest absolute Gasteiger partial charge is 0.361 e. The third-order valence-corrected chi connectivity index (χ3v) is 4.26. The maximum atomic E-state index is 12.6. The van der Waals surface area contributed by atoms with Gasteiger partial charge in [0.25, 0.3) is 5.56 Å². The predicted octanol–water partition coefficient (Wildman–Crippen LogP) is 3.67. The van der Waals surface area contributed by atoms with Gasteiger partial charge in [0.05, 0.1) is 0 Å². The van der Waals surface area contributed by atoms with E-state index in [1.165, 1.54) is 4.57 Å². The molecule has 1 unspecified atom stereocenters. The lowest BCUT2D eigenvalue weighted by molar-refractivity contribution is 0.0814. The predicted molar refractivity (Wildman–Crippen MR) is 104 cm³/mol. The highest BCUT2D eigenvalue weighted by Crippen LogP contribution is 2.31. The first-order valence-electron chi connectivity index (χ1n) is 8.87. The number of hydrogen-bond acceptors (Lipinski definition) is 4. The summed E-state index contributed by atoms with van der Waals surface area (Å²) >= 11 is 0. The van der Waals surface area contributed by atoms with E-state index in [4.69, 9.17) is 4.74 Å². The molecule has 144 valence electrons. The van der Waals surface area contributed by atoms with Crippen LogP contribution < -0.4 is 11.2 Å². The smallest absolute Gasteiger partial charge is 0.330 e. The van der Waals surface area contributed by atoms with Gasteiger partial charge in [0.2, 0.25) is 0 Å². The fourth-order valence-corrected chi connectivity index (χ4v) is 3.27. The summed E-state index contributed by atoms with van der Waals surface area (Å²) in [6, 6.07) is 4.98. The molecule has 0 bridgehead atoms.